The van der Waals surface area contributed by atoms with E-state index in [4.69, 9.17) is 11.6 Å². The Balaban J connectivity index is 2.57. The van der Waals surface area contributed by atoms with Gasteiger partial charge in [0.05, 0.1) is 20.6 Å². The van der Waals surface area contributed by atoms with E-state index < -0.39 is 0 Å². The lowest BCUT2D eigenvalue weighted by Crippen LogP contribution is -1.92. The number of aromatic nitrogens is 3. The molecule has 0 spiro atoms. The second-order valence-electron chi connectivity index (χ2n) is 2.60. The highest BCUT2D eigenvalue weighted by Crippen LogP contribution is 2.27. The number of aryl methyl sites for hydroxylation is 1. The van der Waals surface area contributed by atoms with Crippen molar-refractivity contribution in [1.82, 2.24) is 15.0 Å². The largest absolute Gasteiger partial charge is 0.252 e. The molecule has 0 amide bonds. The molecule has 0 aromatic carbocycles. The number of rotatable bonds is 1. The Morgan fingerprint density at radius 1 is 1.43 bits per heavy atom. The van der Waals surface area contributed by atoms with E-state index in [9.17, 15) is 0 Å². The molecule has 14 heavy (non-hydrogen) atoms. The fraction of sp³-hybridized carbons (Fsp3) is 0.125. The Bertz CT molecular complexity index is 435. The molecule has 0 saturated carbocycles. The van der Waals surface area contributed by atoms with E-state index in [2.05, 4.69) is 30.9 Å². The maximum absolute atomic E-state index is 5.92. The number of nitrogens with zero attached hydrogens (tertiary/aromatic N) is 3. The Morgan fingerprint density at radius 2 is 2.21 bits per heavy atom. The van der Waals surface area contributed by atoms with Crippen LogP contribution in [0.3, 0.4) is 0 Å². The highest BCUT2D eigenvalue weighted by Gasteiger charge is 2.09. The van der Waals surface area contributed by atoms with Gasteiger partial charge in [0, 0.05) is 6.20 Å². The van der Waals surface area contributed by atoms with Gasteiger partial charge in [-0.25, -0.2) is 9.97 Å². The van der Waals surface area contributed by atoms with Crippen LogP contribution in [0.25, 0.3) is 10.7 Å². The molecule has 0 fully saturated rings. The predicted octanol–water partition coefficient (Wildman–Crippen LogP) is 3.32. The van der Waals surface area contributed by atoms with Crippen LogP contribution in [-0.2, 0) is 0 Å². The zero-order valence-corrected chi connectivity index (χ0v) is 10.3. The van der Waals surface area contributed by atoms with Crippen LogP contribution >= 0.6 is 38.9 Å². The average Bonchev–Trinajstić information content (AvgIpc) is 2.66. The number of hydrogen-bond donors (Lipinski definition) is 0. The molecule has 6 heteroatoms. The molecule has 72 valence electrons. The zero-order valence-electron chi connectivity index (χ0n) is 7.16. The summed E-state index contributed by atoms with van der Waals surface area (Å²) >= 11 is 10.7. The topological polar surface area (TPSA) is 38.7 Å². The van der Waals surface area contributed by atoms with Crippen molar-refractivity contribution in [3.05, 3.63) is 27.0 Å². The monoisotopic (exact) mass is 289 g/mol. The third-order valence-electron chi connectivity index (χ3n) is 1.63. The molecule has 0 radical (unpaired) electrons. The van der Waals surface area contributed by atoms with Crippen LogP contribution in [0.5, 0.6) is 0 Å². The first kappa shape index (κ1) is 10.0. The van der Waals surface area contributed by atoms with Gasteiger partial charge < -0.3 is 0 Å². The maximum atomic E-state index is 5.92. The Morgan fingerprint density at radius 3 is 2.79 bits per heavy atom. The van der Waals surface area contributed by atoms with Crippen molar-refractivity contribution in [2.45, 2.75) is 6.92 Å². The molecule has 2 aromatic heterocycles. The summed E-state index contributed by atoms with van der Waals surface area (Å²) in [6.07, 6.45) is 1.73. The molecule has 0 saturated heterocycles. The minimum atomic E-state index is 0.431. The maximum Gasteiger partial charge on any atom is 0.172 e. The molecule has 2 rings (SSSR count). The van der Waals surface area contributed by atoms with E-state index in [1.54, 1.807) is 11.7 Å². The van der Waals surface area contributed by atoms with Crippen molar-refractivity contribution in [2.24, 2.45) is 0 Å². The van der Waals surface area contributed by atoms with Crippen molar-refractivity contribution >= 4 is 38.9 Å². The fourth-order valence-electron chi connectivity index (χ4n) is 0.961. The van der Waals surface area contributed by atoms with Gasteiger partial charge in [0.1, 0.15) is 5.15 Å². The van der Waals surface area contributed by atoms with Crippen molar-refractivity contribution in [1.29, 1.82) is 0 Å². The van der Waals surface area contributed by atoms with Gasteiger partial charge in [-0.3, -0.25) is 4.98 Å². The molecule has 0 bridgehead atoms. The van der Waals surface area contributed by atoms with E-state index >= 15 is 0 Å². The minimum absolute atomic E-state index is 0.431. The first-order chi connectivity index (χ1) is 6.68. The van der Waals surface area contributed by atoms with E-state index in [0.29, 0.717) is 11.0 Å². The summed E-state index contributed by atoms with van der Waals surface area (Å²) in [5.74, 6) is 0.623. The summed E-state index contributed by atoms with van der Waals surface area (Å²) in [4.78, 5) is 13.3. The van der Waals surface area contributed by atoms with E-state index in [1.165, 1.54) is 11.3 Å². The third-order valence-corrected chi connectivity index (χ3v) is 3.85. The van der Waals surface area contributed by atoms with Gasteiger partial charge in [0.15, 0.2) is 5.82 Å². The van der Waals surface area contributed by atoms with E-state index in [0.717, 1.165) is 15.0 Å². The summed E-state index contributed by atoms with van der Waals surface area (Å²) in [6, 6.07) is 0. The van der Waals surface area contributed by atoms with Gasteiger partial charge in [0.2, 0.25) is 0 Å². The molecular formula is C8H5BrClN3S. The molecule has 0 N–H and O–H groups in total. The van der Waals surface area contributed by atoms with Gasteiger partial charge in [-0.2, -0.15) is 0 Å². The SMILES string of the molecule is Cc1nc(-c2cncs2)nc(Cl)c1Br. The van der Waals surface area contributed by atoms with Gasteiger partial charge in [-0.1, -0.05) is 11.6 Å². The van der Waals surface area contributed by atoms with Crippen molar-refractivity contribution in [3.8, 4) is 10.7 Å². The molecule has 0 aliphatic heterocycles. The van der Waals surface area contributed by atoms with Gasteiger partial charge in [0.25, 0.3) is 0 Å². The minimum Gasteiger partial charge on any atom is -0.252 e. The van der Waals surface area contributed by atoms with E-state index in [-0.39, 0.29) is 0 Å². The van der Waals surface area contributed by atoms with Gasteiger partial charge in [-0.15, -0.1) is 11.3 Å². The number of hydrogen-bond acceptors (Lipinski definition) is 4. The zero-order chi connectivity index (χ0) is 10.1. The standard InChI is InChI=1S/C8H5BrClN3S/c1-4-6(9)7(10)13-8(12-4)5-2-11-3-14-5/h2-3H,1H3. The summed E-state index contributed by atoms with van der Waals surface area (Å²) in [5.41, 5.74) is 2.57. The first-order valence-electron chi connectivity index (χ1n) is 3.77. The lowest BCUT2D eigenvalue weighted by molar-refractivity contribution is 1.10. The summed E-state index contributed by atoms with van der Waals surface area (Å²) in [6.45, 7) is 1.88. The lowest BCUT2D eigenvalue weighted by Gasteiger charge is -2.01. The molecule has 0 aliphatic carbocycles. The van der Waals surface area contributed by atoms with Crippen molar-refractivity contribution < 1.29 is 0 Å². The number of halogens is 2. The predicted molar refractivity (Wildman–Crippen MR) is 60.6 cm³/mol. The normalized spacial score (nSPS) is 10.5. The third kappa shape index (κ3) is 1.80. The summed E-state index contributed by atoms with van der Waals surface area (Å²) in [5, 5.41) is 0.431. The van der Waals surface area contributed by atoms with Crippen LogP contribution in [-0.4, -0.2) is 15.0 Å². The van der Waals surface area contributed by atoms with Gasteiger partial charge >= 0.3 is 0 Å². The smallest absolute Gasteiger partial charge is 0.172 e. The van der Waals surface area contributed by atoms with Crippen LogP contribution in [0, 0.1) is 6.92 Å². The Labute approximate surface area is 98.3 Å². The molecule has 3 nitrogen and oxygen atoms in total. The molecule has 2 aromatic rings. The Hall–Kier alpha value is -0.520. The van der Waals surface area contributed by atoms with Crippen LogP contribution in [0.15, 0.2) is 16.2 Å². The average molecular weight is 291 g/mol. The summed E-state index contributed by atoms with van der Waals surface area (Å²) < 4.78 is 0.743. The molecule has 0 atom stereocenters. The van der Waals surface area contributed by atoms with Crippen LogP contribution in [0.4, 0.5) is 0 Å². The van der Waals surface area contributed by atoms with Crippen LogP contribution in [0.2, 0.25) is 5.15 Å². The number of thiazole rings is 1. The quantitative estimate of drug-likeness (QED) is 0.756. The molecule has 0 unspecified atom stereocenters. The van der Waals surface area contributed by atoms with Crippen molar-refractivity contribution in [2.75, 3.05) is 0 Å². The molecular weight excluding hydrogens is 286 g/mol. The first-order valence-corrected chi connectivity index (χ1v) is 5.82. The second-order valence-corrected chi connectivity index (χ2v) is 4.64. The van der Waals surface area contributed by atoms with Crippen LogP contribution < -0.4 is 0 Å². The van der Waals surface area contributed by atoms with Crippen LogP contribution in [0.1, 0.15) is 5.69 Å². The summed E-state index contributed by atoms with van der Waals surface area (Å²) in [7, 11) is 0. The molecule has 2 heterocycles. The van der Waals surface area contributed by atoms with Gasteiger partial charge in [-0.05, 0) is 22.9 Å². The highest BCUT2D eigenvalue weighted by molar-refractivity contribution is 9.10. The second kappa shape index (κ2) is 3.92. The lowest BCUT2D eigenvalue weighted by atomic mass is 10.4. The Kier molecular flexibility index (Phi) is 2.80. The highest BCUT2D eigenvalue weighted by atomic mass is 79.9. The van der Waals surface area contributed by atoms with E-state index in [1.807, 2.05) is 6.92 Å². The molecule has 0 aliphatic rings. The fourth-order valence-corrected chi connectivity index (χ4v) is 1.91. The van der Waals surface area contributed by atoms with Crippen molar-refractivity contribution in [3.63, 3.8) is 0 Å².